The summed E-state index contributed by atoms with van der Waals surface area (Å²) in [5, 5.41) is 7.65. The van der Waals surface area contributed by atoms with Crippen LogP contribution in [0.15, 0.2) is 12.3 Å². The van der Waals surface area contributed by atoms with Crippen molar-refractivity contribution in [3.05, 3.63) is 18.0 Å². The van der Waals surface area contributed by atoms with E-state index in [-0.39, 0.29) is 0 Å². The third kappa shape index (κ3) is 2.79. The van der Waals surface area contributed by atoms with Gasteiger partial charge in [0.1, 0.15) is 0 Å². The fourth-order valence-electron chi connectivity index (χ4n) is 2.17. The molecule has 1 saturated heterocycles. The molecule has 1 N–H and O–H groups in total. The van der Waals surface area contributed by atoms with E-state index in [4.69, 9.17) is 0 Å². The van der Waals surface area contributed by atoms with E-state index in [0.717, 1.165) is 19.0 Å². The van der Waals surface area contributed by atoms with Crippen LogP contribution in [0.1, 0.15) is 12.1 Å². The molecule has 1 aliphatic heterocycles. The van der Waals surface area contributed by atoms with Crippen molar-refractivity contribution < 1.29 is 0 Å². The molecule has 0 spiro atoms. The van der Waals surface area contributed by atoms with Crippen LogP contribution < -0.4 is 5.32 Å². The van der Waals surface area contributed by atoms with E-state index in [0.29, 0.717) is 0 Å². The Morgan fingerprint density at radius 1 is 1.53 bits per heavy atom. The molecule has 0 saturated carbocycles. The first kappa shape index (κ1) is 10.6. The molecule has 0 aliphatic carbocycles. The minimum Gasteiger partial charge on any atom is -0.311 e. The van der Waals surface area contributed by atoms with Gasteiger partial charge in [0.2, 0.25) is 0 Å². The quantitative estimate of drug-likeness (QED) is 0.780. The Bertz CT molecular complexity index is 307. The van der Waals surface area contributed by atoms with Gasteiger partial charge < -0.3 is 10.2 Å². The van der Waals surface area contributed by atoms with E-state index >= 15 is 0 Å². The molecule has 0 bridgehead atoms. The maximum absolute atomic E-state index is 4.15. The highest BCUT2D eigenvalue weighted by atomic mass is 15.3. The standard InChI is InChI=1S/C11H20N4/c1-14-6-4-10(9-14)7-12-8-11-3-5-13-15(11)2/h3,5,10,12H,4,6-9H2,1-2H3. The van der Waals surface area contributed by atoms with E-state index in [2.05, 4.69) is 28.4 Å². The van der Waals surface area contributed by atoms with Gasteiger partial charge in [-0.3, -0.25) is 4.68 Å². The van der Waals surface area contributed by atoms with Crippen molar-refractivity contribution in [3.8, 4) is 0 Å². The zero-order valence-corrected chi connectivity index (χ0v) is 9.61. The molecule has 0 amide bonds. The molecular weight excluding hydrogens is 188 g/mol. The molecule has 1 fully saturated rings. The number of rotatable bonds is 4. The van der Waals surface area contributed by atoms with Crippen molar-refractivity contribution in [2.24, 2.45) is 13.0 Å². The van der Waals surface area contributed by atoms with Gasteiger partial charge in [-0.15, -0.1) is 0 Å². The highest BCUT2D eigenvalue weighted by molar-refractivity contribution is 4.99. The molecule has 1 unspecified atom stereocenters. The molecule has 15 heavy (non-hydrogen) atoms. The maximum Gasteiger partial charge on any atom is 0.0518 e. The Hall–Kier alpha value is -0.870. The third-order valence-electron chi connectivity index (χ3n) is 3.15. The van der Waals surface area contributed by atoms with Crippen LogP contribution in [0.4, 0.5) is 0 Å². The second-order valence-electron chi connectivity index (χ2n) is 4.49. The van der Waals surface area contributed by atoms with Crippen molar-refractivity contribution in [2.45, 2.75) is 13.0 Å². The van der Waals surface area contributed by atoms with Crippen LogP contribution in [0.3, 0.4) is 0 Å². The zero-order valence-electron chi connectivity index (χ0n) is 9.61. The molecule has 1 aliphatic rings. The summed E-state index contributed by atoms with van der Waals surface area (Å²) in [5.74, 6) is 0.822. The summed E-state index contributed by atoms with van der Waals surface area (Å²) in [5.41, 5.74) is 1.25. The van der Waals surface area contributed by atoms with Crippen LogP contribution >= 0.6 is 0 Å². The van der Waals surface area contributed by atoms with Gasteiger partial charge in [-0.05, 0) is 38.5 Å². The van der Waals surface area contributed by atoms with Gasteiger partial charge in [0.25, 0.3) is 0 Å². The molecule has 0 radical (unpaired) electrons. The Labute approximate surface area is 91.3 Å². The van der Waals surface area contributed by atoms with E-state index in [1.807, 2.05) is 17.9 Å². The molecule has 4 heteroatoms. The second kappa shape index (κ2) is 4.77. The highest BCUT2D eigenvalue weighted by Gasteiger charge is 2.18. The SMILES string of the molecule is CN1CCC(CNCc2ccnn2C)C1. The largest absolute Gasteiger partial charge is 0.311 e. The summed E-state index contributed by atoms with van der Waals surface area (Å²) >= 11 is 0. The van der Waals surface area contributed by atoms with Crippen molar-refractivity contribution in [3.63, 3.8) is 0 Å². The fraction of sp³-hybridized carbons (Fsp3) is 0.727. The van der Waals surface area contributed by atoms with Crippen molar-refractivity contribution in [1.29, 1.82) is 0 Å². The molecule has 1 aromatic heterocycles. The van der Waals surface area contributed by atoms with Crippen LogP contribution in [-0.2, 0) is 13.6 Å². The lowest BCUT2D eigenvalue weighted by Gasteiger charge is -2.11. The normalized spacial score (nSPS) is 22.4. The van der Waals surface area contributed by atoms with Gasteiger partial charge in [0, 0.05) is 26.3 Å². The first-order chi connectivity index (χ1) is 7.25. The molecule has 1 aromatic rings. The molecule has 1 atom stereocenters. The number of likely N-dealkylation sites (tertiary alicyclic amines) is 1. The minimum absolute atomic E-state index is 0.822. The van der Waals surface area contributed by atoms with Gasteiger partial charge >= 0.3 is 0 Å². The van der Waals surface area contributed by atoms with E-state index in [9.17, 15) is 0 Å². The topological polar surface area (TPSA) is 33.1 Å². The molecule has 2 rings (SSSR count). The summed E-state index contributed by atoms with van der Waals surface area (Å²) in [7, 11) is 4.18. The second-order valence-corrected chi connectivity index (χ2v) is 4.49. The summed E-state index contributed by atoms with van der Waals surface area (Å²) in [6, 6.07) is 2.06. The fourth-order valence-corrected chi connectivity index (χ4v) is 2.17. The van der Waals surface area contributed by atoms with Crippen LogP contribution in [0.5, 0.6) is 0 Å². The number of nitrogens with zero attached hydrogens (tertiary/aromatic N) is 3. The monoisotopic (exact) mass is 208 g/mol. The van der Waals surface area contributed by atoms with Crippen molar-refractivity contribution in [2.75, 3.05) is 26.7 Å². The first-order valence-corrected chi connectivity index (χ1v) is 5.62. The minimum atomic E-state index is 0.822. The van der Waals surface area contributed by atoms with E-state index in [1.165, 1.54) is 25.2 Å². The predicted molar refractivity (Wildman–Crippen MR) is 60.5 cm³/mol. The average Bonchev–Trinajstić information content (AvgIpc) is 2.77. The molecule has 2 heterocycles. The van der Waals surface area contributed by atoms with Crippen LogP contribution in [-0.4, -0.2) is 41.4 Å². The van der Waals surface area contributed by atoms with Crippen molar-refractivity contribution in [1.82, 2.24) is 20.0 Å². The summed E-state index contributed by atoms with van der Waals surface area (Å²) in [6.45, 7) is 4.53. The van der Waals surface area contributed by atoms with Gasteiger partial charge in [-0.25, -0.2) is 0 Å². The molecular formula is C11H20N4. The Morgan fingerprint density at radius 2 is 2.40 bits per heavy atom. The van der Waals surface area contributed by atoms with Gasteiger partial charge in [0.15, 0.2) is 0 Å². The van der Waals surface area contributed by atoms with Crippen LogP contribution in [0, 0.1) is 5.92 Å². The van der Waals surface area contributed by atoms with E-state index < -0.39 is 0 Å². The summed E-state index contributed by atoms with van der Waals surface area (Å²) < 4.78 is 1.92. The number of nitrogens with one attached hydrogen (secondary N) is 1. The third-order valence-corrected chi connectivity index (χ3v) is 3.15. The van der Waals surface area contributed by atoms with E-state index in [1.54, 1.807) is 0 Å². The molecule has 4 nitrogen and oxygen atoms in total. The maximum atomic E-state index is 4.15. The Kier molecular flexibility index (Phi) is 3.38. The summed E-state index contributed by atoms with van der Waals surface area (Å²) in [4.78, 5) is 2.40. The first-order valence-electron chi connectivity index (χ1n) is 5.62. The number of aryl methyl sites for hydroxylation is 1. The van der Waals surface area contributed by atoms with Crippen molar-refractivity contribution >= 4 is 0 Å². The zero-order chi connectivity index (χ0) is 10.7. The lowest BCUT2D eigenvalue weighted by Crippen LogP contribution is -2.25. The van der Waals surface area contributed by atoms with Gasteiger partial charge in [-0.1, -0.05) is 0 Å². The molecule has 0 aromatic carbocycles. The predicted octanol–water partition coefficient (Wildman–Crippen LogP) is 0.461. The highest BCUT2D eigenvalue weighted by Crippen LogP contribution is 2.12. The Balaban J connectivity index is 1.69. The number of hydrogen-bond donors (Lipinski definition) is 1. The lowest BCUT2D eigenvalue weighted by molar-refractivity contribution is 0.387. The summed E-state index contributed by atoms with van der Waals surface area (Å²) in [6.07, 6.45) is 3.18. The number of hydrogen-bond acceptors (Lipinski definition) is 3. The number of aromatic nitrogens is 2. The lowest BCUT2D eigenvalue weighted by atomic mass is 10.1. The molecule has 84 valence electrons. The Morgan fingerprint density at radius 3 is 3.00 bits per heavy atom. The smallest absolute Gasteiger partial charge is 0.0518 e. The van der Waals surface area contributed by atoms with Gasteiger partial charge in [0.05, 0.1) is 5.69 Å². The van der Waals surface area contributed by atoms with Gasteiger partial charge in [-0.2, -0.15) is 5.10 Å². The average molecular weight is 208 g/mol. The van der Waals surface area contributed by atoms with Crippen LogP contribution in [0.25, 0.3) is 0 Å². The van der Waals surface area contributed by atoms with Crippen LogP contribution in [0.2, 0.25) is 0 Å².